The lowest BCUT2D eigenvalue weighted by molar-refractivity contribution is -0.177. The highest BCUT2D eigenvalue weighted by Crippen LogP contribution is 2.09. The monoisotopic (exact) mass is 235 g/mol. The second-order valence-corrected chi connectivity index (χ2v) is 4.15. The molecule has 94 valence electrons. The summed E-state index contributed by atoms with van der Waals surface area (Å²) >= 11 is 0. The van der Waals surface area contributed by atoms with Gasteiger partial charge in [0.05, 0.1) is 0 Å². The fraction of sp³-hybridized carbons (Fsp3) is 0.500. The molecule has 1 aromatic carbocycles. The first-order valence-electron chi connectivity index (χ1n) is 6.17. The van der Waals surface area contributed by atoms with Gasteiger partial charge in [-0.15, -0.1) is 0 Å². The number of amides is 1. The van der Waals surface area contributed by atoms with E-state index in [-0.39, 0.29) is 0 Å². The molecule has 0 unspecified atom stereocenters. The Morgan fingerprint density at radius 3 is 2.71 bits per heavy atom. The Bertz CT molecular complexity index is 339. The molecule has 1 aromatic rings. The maximum Gasteiger partial charge on any atom is 0.233 e. The fourth-order valence-electron chi connectivity index (χ4n) is 1.59. The van der Waals surface area contributed by atoms with Crippen molar-refractivity contribution >= 4 is 6.41 Å². The number of hydrogen-bond acceptors (Lipinski definition) is 2. The predicted molar refractivity (Wildman–Crippen MR) is 68.3 cm³/mol. The molecule has 1 amide bonds. The molecule has 0 saturated carbocycles. The van der Waals surface area contributed by atoms with Crippen LogP contribution in [0, 0.1) is 6.92 Å². The van der Waals surface area contributed by atoms with E-state index in [0.717, 1.165) is 31.2 Å². The van der Waals surface area contributed by atoms with Gasteiger partial charge in [-0.3, -0.25) is 9.63 Å². The smallest absolute Gasteiger partial charge is 0.233 e. The number of hydrogen-bond donors (Lipinski definition) is 0. The van der Waals surface area contributed by atoms with Crippen LogP contribution in [-0.4, -0.2) is 18.0 Å². The van der Waals surface area contributed by atoms with E-state index in [2.05, 4.69) is 6.92 Å². The fourth-order valence-corrected chi connectivity index (χ4v) is 1.59. The number of nitrogens with zero attached hydrogens (tertiary/aromatic N) is 1. The Hall–Kier alpha value is -1.35. The third-order valence-corrected chi connectivity index (χ3v) is 2.75. The lowest BCUT2D eigenvalue weighted by atomic mass is 10.1. The van der Waals surface area contributed by atoms with Crippen LogP contribution in [0.5, 0.6) is 0 Å². The summed E-state index contributed by atoms with van der Waals surface area (Å²) in [7, 11) is 0. The molecule has 3 nitrogen and oxygen atoms in total. The molecule has 1 rings (SSSR count). The lowest BCUT2D eigenvalue weighted by Gasteiger charge is -2.17. The summed E-state index contributed by atoms with van der Waals surface area (Å²) in [5.74, 6) is 0. The normalized spacial score (nSPS) is 10.2. The molecule has 17 heavy (non-hydrogen) atoms. The first-order valence-corrected chi connectivity index (χ1v) is 6.17. The van der Waals surface area contributed by atoms with Crippen molar-refractivity contribution in [3.8, 4) is 0 Å². The number of rotatable bonds is 8. The highest BCUT2D eigenvalue weighted by Gasteiger charge is 2.03. The van der Waals surface area contributed by atoms with Crippen LogP contribution in [0.15, 0.2) is 24.3 Å². The minimum absolute atomic E-state index is 0.456. The average molecular weight is 235 g/mol. The number of aryl methyl sites for hydroxylation is 1. The number of benzene rings is 1. The minimum Gasteiger partial charge on any atom is -0.276 e. The molecule has 0 radical (unpaired) electrons. The highest BCUT2D eigenvalue weighted by atomic mass is 16.7. The van der Waals surface area contributed by atoms with Crippen LogP contribution in [0.4, 0.5) is 0 Å². The van der Waals surface area contributed by atoms with Crippen molar-refractivity contribution in [2.75, 3.05) is 6.54 Å². The molecular weight excluding hydrogens is 214 g/mol. The Labute approximate surface area is 103 Å². The molecule has 0 bridgehead atoms. The van der Waals surface area contributed by atoms with Gasteiger partial charge in [0.2, 0.25) is 6.41 Å². The van der Waals surface area contributed by atoms with Crippen LogP contribution in [0.3, 0.4) is 0 Å². The SMILES string of the molecule is CCCCCN(C=O)OCc1ccccc1C. The maximum absolute atomic E-state index is 10.8. The molecule has 0 N–H and O–H groups in total. The molecule has 0 heterocycles. The summed E-state index contributed by atoms with van der Waals surface area (Å²) in [6, 6.07) is 8.04. The van der Waals surface area contributed by atoms with Gasteiger partial charge in [-0.1, -0.05) is 44.0 Å². The molecule has 0 aliphatic rings. The first-order chi connectivity index (χ1) is 8.27. The Kier molecular flexibility index (Phi) is 6.33. The molecule has 0 fully saturated rings. The largest absolute Gasteiger partial charge is 0.276 e. The average Bonchev–Trinajstić information content (AvgIpc) is 2.35. The summed E-state index contributed by atoms with van der Waals surface area (Å²) in [5.41, 5.74) is 2.31. The van der Waals surface area contributed by atoms with E-state index in [4.69, 9.17) is 4.84 Å². The molecule has 0 atom stereocenters. The van der Waals surface area contributed by atoms with Crippen LogP contribution < -0.4 is 0 Å². The van der Waals surface area contributed by atoms with Gasteiger partial charge in [0.25, 0.3) is 0 Å². The third kappa shape index (κ3) is 5.00. The van der Waals surface area contributed by atoms with E-state index < -0.39 is 0 Å². The number of carbonyl (C=O) groups is 1. The molecule has 0 spiro atoms. The minimum atomic E-state index is 0.456. The van der Waals surface area contributed by atoms with E-state index in [1.807, 2.05) is 31.2 Å². The lowest BCUT2D eigenvalue weighted by Crippen LogP contribution is -2.23. The number of unbranched alkanes of at least 4 members (excludes halogenated alkanes) is 2. The molecule has 3 heteroatoms. The van der Waals surface area contributed by atoms with Crippen LogP contribution in [0.2, 0.25) is 0 Å². The standard InChI is InChI=1S/C14H21NO2/c1-3-4-7-10-15(12-16)17-11-14-9-6-5-8-13(14)2/h5-6,8-9,12H,3-4,7,10-11H2,1-2H3. The van der Waals surface area contributed by atoms with Crippen molar-refractivity contribution in [3.05, 3.63) is 35.4 Å². The zero-order valence-corrected chi connectivity index (χ0v) is 10.7. The van der Waals surface area contributed by atoms with Gasteiger partial charge in [-0.05, 0) is 24.5 Å². The summed E-state index contributed by atoms with van der Waals surface area (Å²) in [6.07, 6.45) is 4.01. The molecule has 0 aliphatic carbocycles. The second kappa shape index (κ2) is 7.85. The molecule has 0 aromatic heterocycles. The van der Waals surface area contributed by atoms with E-state index in [1.165, 1.54) is 10.6 Å². The van der Waals surface area contributed by atoms with Crippen LogP contribution in [0.25, 0.3) is 0 Å². The molecule has 0 aliphatic heterocycles. The van der Waals surface area contributed by atoms with Gasteiger partial charge in [0.1, 0.15) is 6.61 Å². The zero-order valence-electron chi connectivity index (χ0n) is 10.7. The van der Waals surface area contributed by atoms with Crippen molar-refractivity contribution in [1.82, 2.24) is 5.06 Å². The van der Waals surface area contributed by atoms with Gasteiger partial charge < -0.3 is 0 Å². The van der Waals surface area contributed by atoms with E-state index in [1.54, 1.807) is 0 Å². The van der Waals surface area contributed by atoms with Crippen LogP contribution in [0.1, 0.15) is 37.3 Å². The second-order valence-electron chi connectivity index (χ2n) is 4.15. The summed E-state index contributed by atoms with van der Waals surface area (Å²) in [6.45, 7) is 5.31. The van der Waals surface area contributed by atoms with E-state index in [9.17, 15) is 4.79 Å². The summed E-state index contributed by atoms with van der Waals surface area (Å²) < 4.78 is 0. The van der Waals surface area contributed by atoms with Crippen molar-refractivity contribution in [2.24, 2.45) is 0 Å². The first kappa shape index (κ1) is 13.7. The van der Waals surface area contributed by atoms with E-state index >= 15 is 0 Å². The Morgan fingerprint density at radius 2 is 2.06 bits per heavy atom. The third-order valence-electron chi connectivity index (χ3n) is 2.75. The van der Waals surface area contributed by atoms with Crippen LogP contribution in [-0.2, 0) is 16.2 Å². The topological polar surface area (TPSA) is 29.5 Å². The maximum atomic E-state index is 10.8. The van der Waals surface area contributed by atoms with Crippen molar-refractivity contribution in [2.45, 2.75) is 39.7 Å². The predicted octanol–water partition coefficient (Wildman–Crippen LogP) is 3.08. The Balaban J connectivity index is 2.37. The van der Waals surface area contributed by atoms with Gasteiger partial charge in [0, 0.05) is 6.54 Å². The van der Waals surface area contributed by atoms with Gasteiger partial charge in [0.15, 0.2) is 0 Å². The summed E-state index contributed by atoms with van der Waals surface area (Å²) in [5, 5.41) is 1.39. The van der Waals surface area contributed by atoms with Gasteiger partial charge >= 0.3 is 0 Å². The van der Waals surface area contributed by atoms with Crippen molar-refractivity contribution in [1.29, 1.82) is 0 Å². The Morgan fingerprint density at radius 1 is 1.29 bits per heavy atom. The van der Waals surface area contributed by atoms with Crippen molar-refractivity contribution in [3.63, 3.8) is 0 Å². The number of hydroxylamine groups is 2. The molecular formula is C14H21NO2. The van der Waals surface area contributed by atoms with Crippen molar-refractivity contribution < 1.29 is 9.63 Å². The zero-order chi connectivity index (χ0) is 12.5. The van der Waals surface area contributed by atoms with Crippen LogP contribution >= 0.6 is 0 Å². The van der Waals surface area contributed by atoms with Gasteiger partial charge in [-0.25, -0.2) is 5.06 Å². The highest BCUT2D eigenvalue weighted by molar-refractivity contribution is 5.44. The van der Waals surface area contributed by atoms with Gasteiger partial charge in [-0.2, -0.15) is 0 Å². The summed E-state index contributed by atoms with van der Waals surface area (Å²) in [4.78, 5) is 16.3. The quantitative estimate of drug-likeness (QED) is 0.394. The number of carbonyl (C=O) groups excluding carboxylic acids is 1. The molecule has 0 saturated heterocycles. The van der Waals surface area contributed by atoms with E-state index in [0.29, 0.717) is 13.2 Å².